The largest absolute Gasteiger partial charge is 0.494 e. The molecule has 1 aromatic carbocycles. The van der Waals surface area contributed by atoms with Crippen molar-refractivity contribution in [2.45, 2.75) is 38.4 Å². The number of rotatable bonds is 8. The van der Waals surface area contributed by atoms with Gasteiger partial charge in [-0.2, -0.15) is 0 Å². The number of nitrogens with zero attached hydrogens (tertiary/aromatic N) is 1. The Balaban J connectivity index is 1.87. The van der Waals surface area contributed by atoms with Crippen LogP contribution in [0.15, 0.2) is 23.4 Å². The van der Waals surface area contributed by atoms with E-state index in [1.54, 1.807) is 11.8 Å². The predicted octanol–water partition coefficient (Wildman–Crippen LogP) is 3.44. The number of aromatic nitrogens is 2. The monoisotopic (exact) mass is 293 g/mol. The van der Waals surface area contributed by atoms with Gasteiger partial charge in [0.05, 0.1) is 17.6 Å². The average Bonchev–Trinajstić information content (AvgIpc) is 2.80. The molecule has 5 heteroatoms. The van der Waals surface area contributed by atoms with Crippen molar-refractivity contribution in [2.75, 3.05) is 18.9 Å². The minimum absolute atomic E-state index is 0.559. The first-order valence-corrected chi connectivity index (χ1v) is 8.16. The molecule has 0 aliphatic carbocycles. The molecule has 0 saturated heterocycles. The minimum Gasteiger partial charge on any atom is -0.494 e. The molecule has 1 aromatic heterocycles. The van der Waals surface area contributed by atoms with Gasteiger partial charge in [-0.1, -0.05) is 25.6 Å². The van der Waals surface area contributed by atoms with E-state index in [4.69, 9.17) is 4.74 Å². The summed E-state index contributed by atoms with van der Waals surface area (Å²) in [7, 11) is 0. The number of aromatic amines is 1. The summed E-state index contributed by atoms with van der Waals surface area (Å²) in [5.74, 6) is 1.96. The SMILES string of the molecule is CCOc1ccc2nc(SCCCNC(C)C)[nH]c2c1. The van der Waals surface area contributed by atoms with Crippen LogP contribution in [-0.4, -0.2) is 34.9 Å². The van der Waals surface area contributed by atoms with Gasteiger partial charge in [0.15, 0.2) is 5.16 Å². The zero-order valence-corrected chi connectivity index (χ0v) is 13.2. The highest BCUT2D eigenvalue weighted by molar-refractivity contribution is 7.99. The van der Waals surface area contributed by atoms with E-state index in [-0.39, 0.29) is 0 Å². The molecule has 2 N–H and O–H groups in total. The van der Waals surface area contributed by atoms with E-state index in [1.807, 2.05) is 25.1 Å². The summed E-state index contributed by atoms with van der Waals surface area (Å²) in [5, 5.41) is 4.40. The molecule has 2 aromatic rings. The Bertz CT molecular complexity index is 539. The molecule has 0 atom stereocenters. The molecule has 20 heavy (non-hydrogen) atoms. The molecule has 0 radical (unpaired) electrons. The fraction of sp³-hybridized carbons (Fsp3) is 0.533. The van der Waals surface area contributed by atoms with Crippen LogP contribution in [0.4, 0.5) is 0 Å². The van der Waals surface area contributed by atoms with Crippen LogP contribution in [-0.2, 0) is 0 Å². The molecule has 0 amide bonds. The molecular formula is C15H23N3OS. The van der Waals surface area contributed by atoms with Gasteiger partial charge in [0.25, 0.3) is 0 Å². The smallest absolute Gasteiger partial charge is 0.166 e. The topological polar surface area (TPSA) is 49.9 Å². The van der Waals surface area contributed by atoms with Crippen molar-refractivity contribution in [3.05, 3.63) is 18.2 Å². The fourth-order valence-corrected chi connectivity index (χ4v) is 2.75. The molecule has 0 aliphatic heterocycles. The normalized spacial score (nSPS) is 11.4. The summed E-state index contributed by atoms with van der Waals surface area (Å²) in [4.78, 5) is 7.92. The summed E-state index contributed by atoms with van der Waals surface area (Å²) < 4.78 is 5.50. The van der Waals surface area contributed by atoms with E-state index in [2.05, 4.69) is 29.1 Å². The number of nitrogens with one attached hydrogen (secondary N) is 2. The first-order valence-electron chi connectivity index (χ1n) is 7.17. The van der Waals surface area contributed by atoms with Crippen molar-refractivity contribution in [3.8, 4) is 5.75 Å². The van der Waals surface area contributed by atoms with Gasteiger partial charge < -0.3 is 15.0 Å². The van der Waals surface area contributed by atoms with Crippen molar-refractivity contribution in [1.82, 2.24) is 15.3 Å². The Morgan fingerprint density at radius 2 is 2.25 bits per heavy atom. The van der Waals surface area contributed by atoms with Crippen LogP contribution in [0, 0.1) is 0 Å². The first-order chi connectivity index (χ1) is 9.69. The van der Waals surface area contributed by atoms with Gasteiger partial charge in [0.1, 0.15) is 5.75 Å². The quantitative estimate of drug-likeness (QED) is 0.578. The zero-order valence-electron chi connectivity index (χ0n) is 12.4. The highest BCUT2D eigenvalue weighted by Crippen LogP contribution is 2.23. The molecule has 0 fully saturated rings. The van der Waals surface area contributed by atoms with E-state index < -0.39 is 0 Å². The van der Waals surface area contributed by atoms with Gasteiger partial charge in [-0.3, -0.25) is 0 Å². The number of benzene rings is 1. The molecule has 0 unspecified atom stereocenters. The molecular weight excluding hydrogens is 270 g/mol. The maximum Gasteiger partial charge on any atom is 0.166 e. The lowest BCUT2D eigenvalue weighted by Gasteiger charge is -2.06. The van der Waals surface area contributed by atoms with Crippen LogP contribution in [0.1, 0.15) is 27.2 Å². The van der Waals surface area contributed by atoms with E-state index in [1.165, 1.54) is 0 Å². The predicted molar refractivity (Wildman–Crippen MR) is 85.7 cm³/mol. The summed E-state index contributed by atoms with van der Waals surface area (Å²) in [6.45, 7) is 8.07. The summed E-state index contributed by atoms with van der Waals surface area (Å²) in [6, 6.07) is 6.54. The molecule has 2 rings (SSSR count). The standard InChI is InChI=1S/C15H23N3OS/c1-4-19-12-6-7-13-14(10-12)18-15(17-13)20-9-5-8-16-11(2)3/h6-7,10-11,16H,4-5,8-9H2,1-3H3,(H,17,18). The van der Waals surface area contributed by atoms with Crippen molar-refractivity contribution >= 4 is 22.8 Å². The number of hydrogen-bond acceptors (Lipinski definition) is 4. The Morgan fingerprint density at radius 3 is 3.00 bits per heavy atom. The lowest BCUT2D eigenvalue weighted by Crippen LogP contribution is -2.23. The van der Waals surface area contributed by atoms with E-state index in [0.29, 0.717) is 12.6 Å². The second kappa shape index (κ2) is 7.55. The number of H-pyrrole nitrogens is 1. The highest BCUT2D eigenvalue weighted by Gasteiger charge is 2.04. The number of imidazole rings is 1. The van der Waals surface area contributed by atoms with Crippen LogP contribution in [0.25, 0.3) is 11.0 Å². The van der Waals surface area contributed by atoms with Crippen LogP contribution >= 0.6 is 11.8 Å². The highest BCUT2D eigenvalue weighted by atomic mass is 32.2. The zero-order chi connectivity index (χ0) is 14.4. The molecule has 110 valence electrons. The number of fused-ring (bicyclic) bond motifs is 1. The van der Waals surface area contributed by atoms with E-state index >= 15 is 0 Å². The molecule has 1 heterocycles. The van der Waals surface area contributed by atoms with E-state index in [9.17, 15) is 0 Å². The maximum atomic E-state index is 5.50. The Morgan fingerprint density at radius 1 is 1.40 bits per heavy atom. The second-order valence-corrected chi connectivity index (χ2v) is 6.05. The van der Waals surface area contributed by atoms with Gasteiger partial charge in [-0.05, 0) is 32.0 Å². The molecule has 0 aliphatic rings. The summed E-state index contributed by atoms with van der Waals surface area (Å²) in [6.07, 6.45) is 1.14. The van der Waals surface area contributed by atoms with Gasteiger partial charge in [0, 0.05) is 17.9 Å². The van der Waals surface area contributed by atoms with Crippen LogP contribution < -0.4 is 10.1 Å². The average molecular weight is 293 g/mol. The lowest BCUT2D eigenvalue weighted by molar-refractivity contribution is 0.340. The fourth-order valence-electron chi connectivity index (χ4n) is 1.92. The number of hydrogen-bond donors (Lipinski definition) is 2. The van der Waals surface area contributed by atoms with Crippen LogP contribution in [0.3, 0.4) is 0 Å². The Hall–Kier alpha value is -1.20. The Labute approximate surface area is 124 Å². The van der Waals surface area contributed by atoms with Gasteiger partial charge >= 0.3 is 0 Å². The van der Waals surface area contributed by atoms with Crippen molar-refractivity contribution in [3.63, 3.8) is 0 Å². The maximum absolute atomic E-state index is 5.50. The number of thioether (sulfide) groups is 1. The van der Waals surface area contributed by atoms with Gasteiger partial charge in [-0.15, -0.1) is 0 Å². The summed E-state index contributed by atoms with van der Waals surface area (Å²) >= 11 is 1.77. The molecule has 0 spiro atoms. The third kappa shape index (κ3) is 4.42. The van der Waals surface area contributed by atoms with Crippen LogP contribution in [0.5, 0.6) is 5.75 Å². The third-order valence-corrected chi connectivity index (χ3v) is 3.81. The molecule has 0 saturated carbocycles. The van der Waals surface area contributed by atoms with Crippen molar-refractivity contribution in [1.29, 1.82) is 0 Å². The van der Waals surface area contributed by atoms with E-state index in [0.717, 1.165) is 40.7 Å². The first kappa shape index (κ1) is 15.2. The third-order valence-electron chi connectivity index (χ3n) is 2.86. The summed E-state index contributed by atoms with van der Waals surface area (Å²) in [5.41, 5.74) is 2.04. The van der Waals surface area contributed by atoms with Gasteiger partial charge in [0.2, 0.25) is 0 Å². The Kier molecular flexibility index (Phi) is 5.73. The van der Waals surface area contributed by atoms with Gasteiger partial charge in [-0.25, -0.2) is 4.98 Å². The van der Waals surface area contributed by atoms with Crippen molar-refractivity contribution in [2.24, 2.45) is 0 Å². The van der Waals surface area contributed by atoms with Crippen LogP contribution in [0.2, 0.25) is 0 Å². The second-order valence-electron chi connectivity index (χ2n) is 4.96. The van der Waals surface area contributed by atoms with Crippen molar-refractivity contribution < 1.29 is 4.74 Å². The molecule has 4 nitrogen and oxygen atoms in total. The lowest BCUT2D eigenvalue weighted by atomic mass is 10.3. The number of ether oxygens (including phenoxy) is 1. The minimum atomic E-state index is 0.559. The molecule has 0 bridgehead atoms.